The van der Waals surface area contributed by atoms with Crippen molar-refractivity contribution in [3.8, 4) is 11.3 Å². The van der Waals surface area contributed by atoms with E-state index in [1.165, 1.54) is 0 Å². The second-order valence-electron chi connectivity index (χ2n) is 3.58. The van der Waals surface area contributed by atoms with E-state index in [0.717, 1.165) is 10.8 Å². The lowest BCUT2D eigenvalue weighted by atomic mass is 10.0. The largest absolute Gasteiger partial charge is 0.289 e. The van der Waals surface area contributed by atoms with E-state index in [4.69, 9.17) is 0 Å². The Labute approximate surface area is 91.7 Å². The predicted octanol–water partition coefficient (Wildman–Crippen LogP) is 2.09. The Hall–Kier alpha value is -2.29. The number of fused-ring (bicyclic) bond motifs is 3. The third-order valence-electron chi connectivity index (χ3n) is 2.60. The van der Waals surface area contributed by atoms with Crippen LogP contribution < -0.4 is 5.43 Å². The van der Waals surface area contributed by atoms with Gasteiger partial charge in [-0.05, 0) is 17.5 Å². The molecule has 76 valence electrons. The van der Waals surface area contributed by atoms with Gasteiger partial charge in [0.05, 0.1) is 17.5 Å². The van der Waals surface area contributed by atoms with Gasteiger partial charge in [0.25, 0.3) is 0 Å². The Morgan fingerprint density at radius 3 is 2.75 bits per heavy atom. The molecule has 0 bridgehead atoms. The average Bonchev–Trinajstić information content (AvgIpc) is 2.49. The first-order chi connectivity index (χ1) is 7.86. The summed E-state index contributed by atoms with van der Waals surface area (Å²) in [5.41, 5.74) is 1.25. The lowest BCUT2D eigenvalue weighted by molar-refractivity contribution is 1.06. The molecule has 2 aliphatic rings. The highest BCUT2D eigenvalue weighted by atomic mass is 16.1. The zero-order valence-corrected chi connectivity index (χ0v) is 8.42. The molecule has 1 aromatic rings. The fourth-order valence-electron chi connectivity index (χ4n) is 1.86. The smallest absolute Gasteiger partial charge is 0.188 e. The molecule has 0 N–H and O–H groups in total. The van der Waals surface area contributed by atoms with Gasteiger partial charge in [0, 0.05) is 5.39 Å². The van der Waals surface area contributed by atoms with Crippen molar-refractivity contribution in [1.29, 1.82) is 0 Å². The van der Waals surface area contributed by atoms with Crippen molar-refractivity contribution in [1.82, 2.24) is 10.2 Å². The molecule has 0 saturated heterocycles. The van der Waals surface area contributed by atoms with Gasteiger partial charge in [-0.1, -0.05) is 30.3 Å². The summed E-state index contributed by atoms with van der Waals surface area (Å²) in [5, 5.41) is 9.81. The highest BCUT2D eigenvalue weighted by Gasteiger charge is 2.09. The summed E-state index contributed by atoms with van der Waals surface area (Å²) in [7, 11) is 0. The van der Waals surface area contributed by atoms with Gasteiger partial charge in [-0.3, -0.25) is 4.79 Å². The highest BCUT2D eigenvalue weighted by Crippen LogP contribution is 2.22. The molecule has 1 aromatic carbocycles. The zero-order valence-electron chi connectivity index (χ0n) is 8.42. The average molecular weight is 208 g/mol. The second-order valence-corrected chi connectivity index (χ2v) is 3.58. The van der Waals surface area contributed by atoms with Crippen LogP contribution in [0.5, 0.6) is 0 Å². The molecule has 0 atom stereocenters. The van der Waals surface area contributed by atoms with E-state index in [0.29, 0.717) is 11.3 Å². The van der Waals surface area contributed by atoms with Gasteiger partial charge in [0.15, 0.2) is 5.43 Å². The molecular weight excluding hydrogens is 200 g/mol. The molecule has 3 rings (SSSR count). The molecule has 16 heavy (non-hydrogen) atoms. The summed E-state index contributed by atoms with van der Waals surface area (Å²) in [4.78, 5) is 11.9. The van der Waals surface area contributed by atoms with Crippen molar-refractivity contribution < 1.29 is 0 Å². The van der Waals surface area contributed by atoms with Crippen molar-refractivity contribution in [2.24, 2.45) is 0 Å². The molecule has 3 nitrogen and oxygen atoms in total. The van der Waals surface area contributed by atoms with Gasteiger partial charge in [0.1, 0.15) is 0 Å². The van der Waals surface area contributed by atoms with Gasteiger partial charge in [0.2, 0.25) is 0 Å². The fraction of sp³-hybridized carbons (Fsp3) is 0. The standard InChI is InChI=1S/C13H8N2O/c16-12-7-3-6-11-13(12)10-5-2-1-4-9(10)8-14-15-11/h1-8H. The Balaban J connectivity index is 2.64. The molecule has 0 radical (unpaired) electrons. The minimum Gasteiger partial charge on any atom is -0.289 e. The maximum Gasteiger partial charge on any atom is 0.188 e. The molecule has 0 saturated carbocycles. The number of hydrogen-bond donors (Lipinski definition) is 0. The van der Waals surface area contributed by atoms with Crippen LogP contribution >= 0.6 is 0 Å². The van der Waals surface area contributed by atoms with E-state index in [-0.39, 0.29) is 5.43 Å². The minimum absolute atomic E-state index is 0.0146. The fourth-order valence-corrected chi connectivity index (χ4v) is 1.86. The van der Waals surface area contributed by atoms with Crippen LogP contribution in [0.15, 0.2) is 53.5 Å². The Bertz CT molecular complexity index is 694. The van der Waals surface area contributed by atoms with Gasteiger partial charge >= 0.3 is 0 Å². The third kappa shape index (κ3) is 1.26. The van der Waals surface area contributed by atoms with Crippen LogP contribution in [-0.4, -0.2) is 10.2 Å². The maximum atomic E-state index is 11.9. The molecular formula is C13H8N2O. The lowest BCUT2D eigenvalue weighted by Crippen LogP contribution is -2.03. The summed E-state index contributed by atoms with van der Waals surface area (Å²) < 4.78 is 0. The number of aromatic nitrogens is 2. The summed E-state index contributed by atoms with van der Waals surface area (Å²) in [6, 6.07) is 12.7. The van der Waals surface area contributed by atoms with Crippen LogP contribution in [0.2, 0.25) is 0 Å². The van der Waals surface area contributed by atoms with Crippen molar-refractivity contribution in [2.75, 3.05) is 0 Å². The van der Waals surface area contributed by atoms with Crippen LogP contribution in [0.1, 0.15) is 0 Å². The first-order valence-corrected chi connectivity index (χ1v) is 5.00. The SMILES string of the molecule is O=c1cccc2nncc3ccccc3c1-2. The Morgan fingerprint density at radius 2 is 1.81 bits per heavy atom. The van der Waals surface area contributed by atoms with Crippen LogP contribution in [0.25, 0.3) is 22.0 Å². The summed E-state index contributed by atoms with van der Waals surface area (Å²) in [6.45, 7) is 0. The first kappa shape index (κ1) is 8.97. The molecule has 0 spiro atoms. The van der Waals surface area contributed by atoms with E-state index in [9.17, 15) is 4.79 Å². The Morgan fingerprint density at radius 1 is 0.938 bits per heavy atom. The van der Waals surface area contributed by atoms with Crippen molar-refractivity contribution in [3.63, 3.8) is 0 Å². The molecule has 1 aliphatic carbocycles. The molecule has 3 heteroatoms. The number of nitrogens with zero attached hydrogens (tertiary/aromatic N) is 2. The predicted molar refractivity (Wildman–Crippen MR) is 62.4 cm³/mol. The topological polar surface area (TPSA) is 42.9 Å². The number of hydrogen-bond acceptors (Lipinski definition) is 3. The van der Waals surface area contributed by atoms with E-state index in [1.54, 1.807) is 24.4 Å². The summed E-state index contributed by atoms with van der Waals surface area (Å²) in [6.07, 6.45) is 1.68. The monoisotopic (exact) mass is 208 g/mol. The van der Waals surface area contributed by atoms with Gasteiger partial charge in [-0.15, -0.1) is 0 Å². The lowest BCUT2D eigenvalue weighted by Gasteiger charge is -1.99. The summed E-state index contributed by atoms with van der Waals surface area (Å²) >= 11 is 0. The van der Waals surface area contributed by atoms with Gasteiger partial charge in [-0.25, -0.2) is 0 Å². The molecule has 0 aromatic heterocycles. The molecule has 0 amide bonds. The van der Waals surface area contributed by atoms with Crippen LogP contribution in [0.4, 0.5) is 0 Å². The number of rotatable bonds is 0. The van der Waals surface area contributed by atoms with E-state index >= 15 is 0 Å². The quantitative estimate of drug-likeness (QED) is 0.568. The highest BCUT2D eigenvalue weighted by molar-refractivity contribution is 5.94. The van der Waals surface area contributed by atoms with Crippen molar-refractivity contribution in [3.05, 3.63) is 58.9 Å². The van der Waals surface area contributed by atoms with Crippen molar-refractivity contribution >= 4 is 10.8 Å². The van der Waals surface area contributed by atoms with E-state index in [2.05, 4.69) is 10.2 Å². The number of benzene rings is 2. The normalized spacial score (nSPS) is 10.8. The van der Waals surface area contributed by atoms with Crippen LogP contribution in [0, 0.1) is 0 Å². The summed E-state index contributed by atoms with van der Waals surface area (Å²) in [5.74, 6) is 0. The van der Waals surface area contributed by atoms with E-state index in [1.807, 2.05) is 24.3 Å². The zero-order chi connectivity index (χ0) is 11.0. The second kappa shape index (κ2) is 3.38. The first-order valence-electron chi connectivity index (χ1n) is 5.00. The van der Waals surface area contributed by atoms with E-state index < -0.39 is 0 Å². The Kier molecular flexibility index (Phi) is 1.90. The third-order valence-corrected chi connectivity index (χ3v) is 2.60. The molecule has 0 fully saturated rings. The van der Waals surface area contributed by atoms with Crippen molar-refractivity contribution in [2.45, 2.75) is 0 Å². The maximum absolute atomic E-state index is 11.9. The molecule has 1 heterocycles. The van der Waals surface area contributed by atoms with Crippen LogP contribution in [-0.2, 0) is 0 Å². The molecule has 0 unspecified atom stereocenters. The minimum atomic E-state index is -0.0146. The van der Waals surface area contributed by atoms with Gasteiger partial charge in [-0.2, -0.15) is 10.2 Å². The molecule has 1 aliphatic heterocycles. The van der Waals surface area contributed by atoms with Gasteiger partial charge < -0.3 is 0 Å². The van der Waals surface area contributed by atoms with Crippen LogP contribution in [0.3, 0.4) is 0 Å².